The second-order valence-electron chi connectivity index (χ2n) is 10.5. The van der Waals surface area contributed by atoms with Gasteiger partial charge in [0.2, 0.25) is 0 Å². The van der Waals surface area contributed by atoms with Gasteiger partial charge in [0.05, 0.1) is 25.2 Å². The number of rotatable bonds is 11. The third kappa shape index (κ3) is 6.25. The lowest BCUT2D eigenvalue weighted by molar-refractivity contribution is -0.145. The number of alkyl halides is 1. The molecule has 212 valence electrons. The van der Waals surface area contributed by atoms with Crippen LogP contribution in [-0.2, 0) is 16.0 Å². The first-order valence-electron chi connectivity index (χ1n) is 13.5. The lowest BCUT2D eigenvalue weighted by Gasteiger charge is -2.42. The van der Waals surface area contributed by atoms with E-state index in [1.807, 2.05) is 13.8 Å². The molecule has 0 saturated carbocycles. The van der Waals surface area contributed by atoms with E-state index in [9.17, 15) is 13.6 Å². The van der Waals surface area contributed by atoms with Crippen molar-refractivity contribution >= 4 is 16.9 Å². The van der Waals surface area contributed by atoms with Crippen LogP contribution in [0.3, 0.4) is 0 Å². The van der Waals surface area contributed by atoms with Crippen molar-refractivity contribution in [2.45, 2.75) is 58.8 Å². The second-order valence-corrected chi connectivity index (χ2v) is 10.5. The molecule has 0 amide bonds. The first-order valence-corrected chi connectivity index (χ1v) is 13.5. The summed E-state index contributed by atoms with van der Waals surface area (Å²) in [5, 5.41) is 3.93. The molecule has 1 unspecified atom stereocenters. The van der Waals surface area contributed by atoms with E-state index in [4.69, 9.17) is 9.47 Å². The summed E-state index contributed by atoms with van der Waals surface area (Å²) in [5.74, 6) is -0.948. The predicted molar refractivity (Wildman–Crippen MR) is 146 cm³/mol. The van der Waals surface area contributed by atoms with E-state index in [1.165, 1.54) is 32.2 Å². The number of hydrogen-bond acceptors (Lipinski definition) is 5. The van der Waals surface area contributed by atoms with Crippen LogP contribution in [0.15, 0.2) is 30.3 Å². The van der Waals surface area contributed by atoms with Crippen LogP contribution in [0.1, 0.15) is 55.6 Å². The maximum absolute atomic E-state index is 15.8. The van der Waals surface area contributed by atoms with Gasteiger partial charge in [0.1, 0.15) is 24.0 Å². The average Bonchev–Trinajstić information content (AvgIpc) is 3.25. The summed E-state index contributed by atoms with van der Waals surface area (Å²) >= 11 is 0. The lowest BCUT2D eigenvalue weighted by atomic mass is 9.85. The van der Waals surface area contributed by atoms with E-state index in [1.54, 1.807) is 19.1 Å². The van der Waals surface area contributed by atoms with Gasteiger partial charge in [0, 0.05) is 41.3 Å². The average molecular weight is 546 g/mol. The summed E-state index contributed by atoms with van der Waals surface area (Å²) < 4.78 is 54.0. The van der Waals surface area contributed by atoms with E-state index in [0.29, 0.717) is 56.0 Å². The number of ether oxygens (including phenoxy) is 2. The Hall–Kier alpha value is -3.04. The molecule has 3 aromatic rings. The zero-order chi connectivity index (χ0) is 28.3. The largest absolute Gasteiger partial charge is 0.492 e. The molecule has 2 heterocycles. The van der Waals surface area contributed by atoms with Crippen molar-refractivity contribution in [3.8, 4) is 5.75 Å². The van der Waals surface area contributed by atoms with E-state index in [0.717, 1.165) is 22.2 Å². The van der Waals surface area contributed by atoms with Crippen molar-refractivity contribution in [3.63, 3.8) is 0 Å². The number of nitrogens with one attached hydrogen (secondary N) is 2. The summed E-state index contributed by atoms with van der Waals surface area (Å²) in [6.45, 7) is 8.95. The molecule has 4 rings (SSSR count). The standard InChI is InChI=1S/C30H38F3N3O3/c1-17(30(37)38-5)16-36-19(3)14-23-22-15-21(32)6-8-25(22)35-28(23)29(36)27-20(4)26(9-7-24(27)33)39-13-12-34-11-10-18(2)31/h6-9,15,17-19,29,34-35H,10-14,16H2,1-5H3/t17-,18?,19-,29-/m1/s1. The molecule has 6 nitrogen and oxygen atoms in total. The number of halogens is 3. The highest BCUT2D eigenvalue weighted by molar-refractivity contribution is 5.85. The van der Waals surface area contributed by atoms with Gasteiger partial charge in [-0.25, -0.2) is 13.2 Å². The van der Waals surface area contributed by atoms with Gasteiger partial charge in [-0.3, -0.25) is 9.69 Å². The van der Waals surface area contributed by atoms with Crippen LogP contribution in [0.25, 0.3) is 10.9 Å². The molecule has 1 aliphatic rings. The molecule has 2 aromatic carbocycles. The van der Waals surface area contributed by atoms with Crippen molar-refractivity contribution in [3.05, 3.63) is 64.4 Å². The Labute approximate surface area is 227 Å². The van der Waals surface area contributed by atoms with Crippen LogP contribution >= 0.6 is 0 Å². The van der Waals surface area contributed by atoms with Crippen LogP contribution in [0.5, 0.6) is 5.75 Å². The van der Waals surface area contributed by atoms with Crippen molar-refractivity contribution in [1.29, 1.82) is 0 Å². The maximum atomic E-state index is 15.8. The van der Waals surface area contributed by atoms with Crippen molar-refractivity contribution < 1.29 is 27.4 Å². The van der Waals surface area contributed by atoms with E-state index >= 15 is 4.39 Å². The van der Waals surface area contributed by atoms with Crippen LogP contribution in [0.2, 0.25) is 0 Å². The zero-order valence-corrected chi connectivity index (χ0v) is 23.2. The van der Waals surface area contributed by atoms with E-state index in [-0.39, 0.29) is 23.6 Å². The fraction of sp³-hybridized carbons (Fsp3) is 0.500. The molecule has 4 atom stereocenters. The molecule has 0 spiro atoms. The SMILES string of the molecule is COC(=O)[C@H](C)CN1[C@H](c2c(F)ccc(OCCNCCC(C)F)c2C)c2[nH]c3ccc(F)cc3c2C[C@H]1C. The van der Waals surface area contributed by atoms with E-state index in [2.05, 4.69) is 15.2 Å². The summed E-state index contributed by atoms with van der Waals surface area (Å²) in [4.78, 5) is 17.9. The van der Waals surface area contributed by atoms with Crippen LogP contribution in [0, 0.1) is 24.5 Å². The lowest BCUT2D eigenvalue weighted by Crippen LogP contribution is -2.46. The highest BCUT2D eigenvalue weighted by Gasteiger charge is 2.39. The minimum atomic E-state index is -0.867. The first-order chi connectivity index (χ1) is 18.6. The van der Waals surface area contributed by atoms with Gasteiger partial charge in [-0.15, -0.1) is 0 Å². The molecule has 0 bridgehead atoms. The zero-order valence-electron chi connectivity index (χ0n) is 23.2. The summed E-state index contributed by atoms with van der Waals surface area (Å²) in [6.07, 6.45) is 0.174. The van der Waals surface area contributed by atoms with Gasteiger partial charge in [0.15, 0.2) is 0 Å². The Morgan fingerprint density at radius 2 is 1.97 bits per heavy atom. The number of methoxy groups -OCH3 is 1. The Bertz CT molecular complexity index is 1310. The molecule has 0 radical (unpaired) electrons. The topological polar surface area (TPSA) is 66.6 Å². The highest BCUT2D eigenvalue weighted by Crippen LogP contribution is 2.44. The number of fused-ring (bicyclic) bond motifs is 3. The summed E-state index contributed by atoms with van der Waals surface area (Å²) in [5.41, 5.74) is 3.61. The normalized spacial score (nSPS) is 19.1. The molecule has 0 saturated heterocycles. The molecule has 0 aliphatic carbocycles. The Balaban J connectivity index is 1.73. The van der Waals surface area contributed by atoms with Crippen LogP contribution in [0.4, 0.5) is 13.2 Å². The first kappa shape index (κ1) is 29.0. The molecule has 39 heavy (non-hydrogen) atoms. The Kier molecular flexibility index (Phi) is 9.23. The number of nitrogens with zero attached hydrogens (tertiary/aromatic N) is 1. The number of carbonyl (C=O) groups excluding carboxylic acids is 1. The van der Waals surface area contributed by atoms with E-state index < -0.39 is 18.1 Å². The minimum absolute atomic E-state index is 0.0673. The fourth-order valence-electron chi connectivity index (χ4n) is 5.54. The number of carbonyl (C=O) groups is 1. The molecule has 0 fully saturated rings. The number of benzene rings is 2. The van der Waals surface area contributed by atoms with Gasteiger partial charge in [-0.1, -0.05) is 6.92 Å². The quantitative estimate of drug-likeness (QED) is 0.242. The second kappa shape index (κ2) is 12.4. The Morgan fingerprint density at radius 3 is 2.69 bits per heavy atom. The van der Waals surface area contributed by atoms with Gasteiger partial charge in [-0.05, 0) is 81.6 Å². The molecule has 1 aromatic heterocycles. The number of esters is 1. The summed E-state index contributed by atoms with van der Waals surface area (Å²) in [7, 11) is 1.36. The smallest absolute Gasteiger partial charge is 0.309 e. The summed E-state index contributed by atoms with van der Waals surface area (Å²) in [6, 6.07) is 7.02. The van der Waals surface area contributed by atoms with Crippen molar-refractivity contribution in [2.24, 2.45) is 5.92 Å². The number of hydrogen-bond donors (Lipinski definition) is 2. The highest BCUT2D eigenvalue weighted by atomic mass is 19.1. The number of H-pyrrole nitrogens is 1. The molecular formula is C30H38F3N3O3. The van der Waals surface area contributed by atoms with Crippen molar-refractivity contribution in [2.75, 3.05) is 33.4 Å². The van der Waals surface area contributed by atoms with Gasteiger partial charge < -0.3 is 19.8 Å². The molecule has 2 N–H and O–H groups in total. The minimum Gasteiger partial charge on any atom is -0.492 e. The Morgan fingerprint density at radius 1 is 1.21 bits per heavy atom. The fourth-order valence-corrected chi connectivity index (χ4v) is 5.54. The third-order valence-corrected chi connectivity index (χ3v) is 7.60. The van der Waals surface area contributed by atoms with Gasteiger partial charge >= 0.3 is 5.97 Å². The monoisotopic (exact) mass is 545 g/mol. The third-order valence-electron chi connectivity index (χ3n) is 7.60. The number of aromatic nitrogens is 1. The van der Waals surface area contributed by atoms with Gasteiger partial charge in [0.25, 0.3) is 0 Å². The number of aromatic amines is 1. The molecular weight excluding hydrogens is 507 g/mol. The molecule has 9 heteroatoms. The molecule has 1 aliphatic heterocycles. The van der Waals surface area contributed by atoms with Crippen LogP contribution in [-0.4, -0.2) is 61.4 Å². The van der Waals surface area contributed by atoms with Gasteiger partial charge in [-0.2, -0.15) is 0 Å². The van der Waals surface area contributed by atoms with Crippen LogP contribution < -0.4 is 10.1 Å². The maximum Gasteiger partial charge on any atom is 0.309 e. The predicted octanol–water partition coefficient (Wildman–Crippen LogP) is 5.62. The van der Waals surface area contributed by atoms with Crippen molar-refractivity contribution in [1.82, 2.24) is 15.2 Å².